The molecule has 0 fully saturated rings. The van der Waals surface area contributed by atoms with Crippen molar-refractivity contribution in [3.05, 3.63) is 53.3 Å². The van der Waals surface area contributed by atoms with Gasteiger partial charge in [-0.2, -0.15) is 0 Å². The standard InChI is InChI=1S/C15H13N3O2/c1-9-11(7-4-8-16-9)18(2)12-6-3-5-10-13(12)15(20)17-14(10)19/h3-8H,1-2H3,(H,17,19,20). The number of rotatable bonds is 2. The number of amides is 2. The normalized spacial score (nSPS) is 13.1. The molecule has 20 heavy (non-hydrogen) atoms. The molecule has 1 aromatic heterocycles. The molecule has 0 radical (unpaired) electrons. The lowest BCUT2D eigenvalue weighted by atomic mass is 10.1. The average molecular weight is 267 g/mol. The van der Waals surface area contributed by atoms with Crippen LogP contribution in [0.2, 0.25) is 0 Å². The summed E-state index contributed by atoms with van der Waals surface area (Å²) in [5.41, 5.74) is 3.29. The number of fused-ring (bicyclic) bond motifs is 1. The average Bonchev–Trinajstić information content (AvgIpc) is 2.74. The molecule has 0 saturated heterocycles. The van der Waals surface area contributed by atoms with Crippen molar-refractivity contribution >= 4 is 23.2 Å². The van der Waals surface area contributed by atoms with E-state index in [1.165, 1.54) is 0 Å². The van der Waals surface area contributed by atoms with Crippen molar-refractivity contribution < 1.29 is 9.59 Å². The second-order valence-corrected chi connectivity index (χ2v) is 4.65. The quantitative estimate of drug-likeness (QED) is 0.846. The Labute approximate surface area is 116 Å². The Balaban J connectivity index is 2.15. The first-order valence-corrected chi connectivity index (χ1v) is 6.23. The van der Waals surface area contributed by atoms with Crippen LogP contribution >= 0.6 is 0 Å². The number of carbonyl (C=O) groups is 2. The van der Waals surface area contributed by atoms with Crippen LogP contribution in [0.1, 0.15) is 26.4 Å². The van der Waals surface area contributed by atoms with Gasteiger partial charge in [0.2, 0.25) is 0 Å². The molecule has 1 N–H and O–H groups in total. The van der Waals surface area contributed by atoms with E-state index >= 15 is 0 Å². The molecule has 2 aromatic rings. The highest BCUT2D eigenvalue weighted by Crippen LogP contribution is 2.32. The van der Waals surface area contributed by atoms with E-state index in [-0.39, 0.29) is 11.8 Å². The number of aromatic nitrogens is 1. The van der Waals surface area contributed by atoms with E-state index < -0.39 is 0 Å². The number of nitrogens with zero attached hydrogens (tertiary/aromatic N) is 2. The number of hydrogen-bond acceptors (Lipinski definition) is 4. The van der Waals surface area contributed by atoms with Gasteiger partial charge in [0.25, 0.3) is 11.8 Å². The van der Waals surface area contributed by atoms with Gasteiger partial charge in [-0.3, -0.25) is 19.9 Å². The second kappa shape index (κ2) is 4.45. The molecule has 0 spiro atoms. The largest absolute Gasteiger partial charge is 0.342 e. The zero-order chi connectivity index (χ0) is 14.3. The third-order valence-electron chi connectivity index (χ3n) is 3.44. The van der Waals surface area contributed by atoms with Crippen molar-refractivity contribution in [2.45, 2.75) is 6.92 Å². The fourth-order valence-electron chi connectivity index (χ4n) is 2.44. The predicted octanol–water partition coefficient (Wildman–Crippen LogP) is 2.04. The van der Waals surface area contributed by atoms with E-state index in [0.717, 1.165) is 11.4 Å². The molecular formula is C15H13N3O2. The maximum Gasteiger partial charge on any atom is 0.261 e. The Morgan fingerprint density at radius 1 is 1.05 bits per heavy atom. The number of imide groups is 1. The molecule has 1 aliphatic heterocycles. The fraction of sp³-hybridized carbons (Fsp3) is 0.133. The van der Waals surface area contributed by atoms with Gasteiger partial charge in [0, 0.05) is 13.2 Å². The van der Waals surface area contributed by atoms with Crippen LogP contribution in [0.4, 0.5) is 11.4 Å². The molecule has 1 aliphatic rings. The zero-order valence-corrected chi connectivity index (χ0v) is 11.2. The minimum Gasteiger partial charge on any atom is -0.342 e. The maximum absolute atomic E-state index is 11.9. The number of aryl methyl sites for hydroxylation is 1. The Hall–Kier alpha value is -2.69. The summed E-state index contributed by atoms with van der Waals surface area (Å²) in [6.45, 7) is 1.90. The lowest BCUT2D eigenvalue weighted by Crippen LogP contribution is -2.21. The van der Waals surface area contributed by atoms with Crippen LogP contribution in [0.5, 0.6) is 0 Å². The van der Waals surface area contributed by atoms with Gasteiger partial charge in [-0.25, -0.2) is 0 Å². The third-order valence-corrected chi connectivity index (χ3v) is 3.44. The SMILES string of the molecule is Cc1ncccc1N(C)c1cccc2c1C(=O)NC2=O. The molecule has 0 atom stereocenters. The van der Waals surface area contributed by atoms with Crippen molar-refractivity contribution in [1.82, 2.24) is 10.3 Å². The van der Waals surface area contributed by atoms with Gasteiger partial charge in [0.05, 0.1) is 28.2 Å². The number of anilines is 2. The minimum atomic E-state index is -0.353. The van der Waals surface area contributed by atoms with Gasteiger partial charge in [-0.15, -0.1) is 0 Å². The predicted molar refractivity (Wildman–Crippen MR) is 75.3 cm³/mol. The first-order valence-electron chi connectivity index (χ1n) is 6.23. The third kappa shape index (κ3) is 1.75. The molecular weight excluding hydrogens is 254 g/mol. The summed E-state index contributed by atoms with van der Waals surface area (Å²) in [5, 5.41) is 2.32. The smallest absolute Gasteiger partial charge is 0.261 e. The van der Waals surface area contributed by atoms with E-state index in [4.69, 9.17) is 0 Å². The van der Waals surface area contributed by atoms with Gasteiger partial charge in [0.1, 0.15) is 0 Å². The molecule has 2 heterocycles. The van der Waals surface area contributed by atoms with Crippen molar-refractivity contribution in [2.75, 3.05) is 11.9 Å². The van der Waals surface area contributed by atoms with Crippen LogP contribution in [0.15, 0.2) is 36.5 Å². The molecule has 100 valence electrons. The molecule has 1 aromatic carbocycles. The van der Waals surface area contributed by atoms with Gasteiger partial charge in [-0.1, -0.05) is 6.07 Å². The summed E-state index contributed by atoms with van der Waals surface area (Å²) in [5.74, 6) is -0.697. The Kier molecular flexibility index (Phi) is 2.75. The van der Waals surface area contributed by atoms with Crippen LogP contribution in [-0.2, 0) is 0 Å². The Morgan fingerprint density at radius 2 is 1.80 bits per heavy atom. The first-order chi connectivity index (χ1) is 9.59. The Bertz CT molecular complexity index is 725. The molecule has 2 amide bonds. The molecule has 5 heteroatoms. The molecule has 3 rings (SSSR count). The molecule has 5 nitrogen and oxygen atoms in total. The number of hydrogen-bond donors (Lipinski definition) is 1. The van der Waals surface area contributed by atoms with Crippen molar-refractivity contribution in [3.63, 3.8) is 0 Å². The van der Waals surface area contributed by atoms with Crippen molar-refractivity contribution in [2.24, 2.45) is 0 Å². The topological polar surface area (TPSA) is 62.3 Å². The molecule has 0 unspecified atom stereocenters. The van der Waals surface area contributed by atoms with Crippen LogP contribution in [-0.4, -0.2) is 23.8 Å². The Morgan fingerprint density at radius 3 is 2.55 bits per heavy atom. The number of benzene rings is 1. The second-order valence-electron chi connectivity index (χ2n) is 4.65. The molecule has 0 bridgehead atoms. The zero-order valence-electron chi connectivity index (χ0n) is 11.2. The van der Waals surface area contributed by atoms with E-state index in [0.29, 0.717) is 16.8 Å². The highest BCUT2D eigenvalue weighted by atomic mass is 16.2. The summed E-state index contributed by atoms with van der Waals surface area (Å²) >= 11 is 0. The van der Waals surface area contributed by atoms with Crippen molar-refractivity contribution in [1.29, 1.82) is 0 Å². The highest BCUT2D eigenvalue weighted by Gasteiger charge is 2.30. The summed E-state index contributed by atoms with van der Waals surface area (Å²) < 4.78 is 0. The summed E-state index contributed by atoms with van der Waals surface area (Å²) in [7, 11) is 1.86. The fourth-order valence-corrected chi connectivity index (χ4v) is 2.44. The minimum absolute atomic E-state index is 0.344. The van der Waals surface area contributed by atoms with E-state index in [9.17, 15) is 9.59 Å². The maximum atomic E-state index is 11.9. The lowest BCUT2D eigenvalue weighted by Gasteiger charge is -2.22. The number of pyridine rings is 1. The monoisotopic (exact) mass is 267 g/mol. The molecule has 0 saturated carbocycles. The number of carbonyl (C=O) groups excluding carboxylic acids is 2. The van der Waals surface area contributed by atoms with Crippen molar-refractivity contribution in [3.8, 4) is 0 Å². The van der Waals surface area contributed by atoms with Crippen LogP contribution in [0.25, 0.3) is 0 Å². The van der Waals surface area contributed by atoms with E-state index in [1.54, 1.807) is 18.3 Å². The summed E-state index contributed by atoms with van der Waals surface area (Å²) in [6.07, 6.45) is 1.72. The summed E-state index contributed by atoms with van der Waals surface area (Å²) in [4.78, 5) is 29.8. The van der Waals surface area contributed by atoms with Crippen LogP contribution in [0, 0.1) is 6.92 Å². The first kappa shape index (κ1) is 12.3. The van der Waals surface area contributed by atoms with E-state index in [2.05, 4.69) is 10.3 Å². The van der Waals surface area contributed by atoms with Gasteiger partial charge < -0.3 is 4.90 Å². The summed E-state index contributed by atoms with van der Waals surface area (Å²) in [6, 6.07) is 9.02. The van der Waals surface area contributed by atoms with Crippen LogP contribution in [0.3, 0.4) is 0 Å². The van der Waals surface area contributed by atoms with Crippen LogP contribution < -0.4 is 10.2 Å². The van der Waals surface area contributed by atoms with Gasteiger partial charge >= 0.3 is 0 Å². The van der Waals surface area contributed by atoms with E-state index in [1.807, 2.05) is 37.1 Å². The molecule has 0 aliphatic carbocycles. The van der Waals surface area contributed by atoms with Gasteiger partial charge in [-0.05, 0) is 31.2 Å². The van der Waals surface area contributed by atoms with Gasteiger partial charge in [0.15, 0.2) is 0 Å². The number of nitrogens with one attached hydrogen (secondary N) is 1. The highest BCUT2D eigenvalue weighted by molar-refractivity contribution is 6.24. The lowest BCUT2D eigenvalue weighted by molar-refractivity contribution is 0.0880.